The van der Waals surface area contributed by atoms with Crippen LogP contribution in [0, 0.1) is 0 Å². The molecule has 0 bridgehead atoms. The highest BCUT2D eigenvalue weighted by molar-refractivity contribution is 5.91. The van der Waals surface area contributed by atoms with E-state index in [1.807, 2.05) is 0 Å². The number of amides is 2. The maximum atomic E-state index is 11.0. The molecule has 0 heterocycles. The van der Waals surface area contributed by atoms with Crippen molar-refractivity contribution < 1.29 is 19.1 Å². The van der Waals surface area contributed by atoms with E-state index in [9.17, 15) is 14.4 Å². The van der Waals surface area contributed by atoms with Crippen LogP contribution in [0.4, 0.5) is 0 Å². The van der Waals surface area contributed by atoms with E-state index in [2.05, 4.69) is 21.9 Å². The molecule has 0 aromatic carbocycles. The van der Waals surface area contributed by atoms with Crippen LogP contribution in [-0.4, -0.2) is 37.5 Å². The lowest BCUT2D eigenvalue weighted by Gasteiger charge is -2.04. The zero-order valence-electron chi connectivity index (χ0n) is 8.54. The van der Waals surface area contributed by atoms with Gasteiger partial charge in [0.1, 0.15) is 6.54 Å². The minimum Gasteiger partial charge on any atom is -0.465 e. The summed E-state index contributed by atoms with van der Waals surface area (Å²) >= 11 is 0. The second-order valence-corrected chi connectivity index (χ2v) is 2.50. The van der Waals surface area contributed by atoms with Gasteiger partial charge in [-0.25, -0.2) is 0 Å². The Morgan fingerprint density at radius 1 is 1.27 bits per heavy atom. The SMILES string of the molecule is C=CC(=O)NCC(=O)NCC(=O)OCC. The van der Waals surface area contributed by atoms with Gasteiger partial charge in [-0.15, -0.1) is 0 Å². The van der Waals surface area contributed by atoms with Crippen molar-refractivity contribution in [1.29, 1.82) is 0 Å². The van der Waals surface area contributed by atoms with E-state index in [1.54, 1.807) is 6.92 Å². The van der Waals surface area contributed by atoms with Crippen LogP contribution < -0.4 is 10.6 Å². The van der Waals surface area contributed by atoms with Crippen LogP contribution in [0.5, 0.6) is 0 Å². The number of hydrogen-bond acceptors (Lipinski definition) is 4. The fraction of sp³-hybridized carbons (Fsp3) is 0.444. The molecule has 0 saturated heterocycles. The predicted octanol–water partition coefficient (Wildman–Crippen LogP) is -1.03. The van der Waals surface area contributed by atoms with Crippen LogP contribution in [0.15, 0.2) is 12.7 Å². The molecule has 0 rings (SSSR count). The van der Waals surface area contributed by atoms with Gasteiger partial charge in [0, 0.05) is 0 Å². The molecule has 15 heavy (non-hydrogen) atoms. The molecule has 2 amide bonds. The quantitative estimate of drug-likeness (QED) is 0.437. The summed E-state index contributed by atoms with van der Waals surface area (Å²) in [6.07, 6.45) is 1.05. The average molecular weight is 214 g/mol. The van der Waals surface area contributed by atoms with Gasteiger partial charge >= 0.3 is 5.97 Å². The molecule has 6 heteroatoms. The lowest BCUT2D eigenvalue weighted by molar-refractivity contribution is -0.143. The summed E-state index contributed by atoms with van der Waals surface area (Å²) in [6, 6.07) is 0. The van der Waals surface area contributed by atoms with E-state index in [0.29, 0.717) is 0 Å². The highest BCUT2D eigenvalue weighted by atomic mass is 16.5. The van der Waals surface area contributed by atoms with E-state index < -0.39 is 17.8 Å². The van der Waals surface area contributed by atoms with Gasteiger partial charge in [0.15, 0.2) is 0 Å². The van der Waals surface area contributed by atoms with Crippen LogP contribution in [0.3, 0.4) is 0 Å². The number of carbonyl (C=O) groups excluding carboxylic acids is 3. The fourth-order valence-electron chi connectivity index (χ4n) is 0.685. The maximum absolute atomic E-state index is 11.0. The van der Waals surface area contributed by atoms with Gasteiger partial charge in [-0.2, -0.15) is 0 Å². The summed E-state index contributed by atoms with van der Waals surface area (Å²) < 4.78 is 4.58. The van der Waals surface area contributed by atoms with Gasteiger partial charge in [-0.1, -0.05) is 6.58 Å². The van der Waals surface area contributed by atoms with E-state index >= 15 is 0 Å². The first-order valence-corrected chi connectivity index (χ1v) is 4.42. The Hall–Kier alpha value is -1.85. The summed E-state index contributed by atoms with van der Waals surface area (Å²) in [5, 5.41) is 4.55. The van der Waals surface area contributed by atoms with Crippen LogP contribution >= 0.6 is 0 Å². The summed E-state index contributed by atoms with van der Waals surface area (Å²) in [5.74, 6) is -1.42. The van der Waals surface area contributed by atoms with Crippen molar-refractivity contribution in [1.82, 2.24) is 10.6 Å². The molecule has 0 saturated carbocycles. The van der Waals surface area contributed by atoms with Gasteiger partial charge in [0.05, 0.1) is 13.2 Å². The van der Waals surface area contributed by atoms with E-state index in [1.165, 1.54) is 0 Å². The summed E-state index contributed by atoms with van der Waals surface area (Å²) in [6.45, 7) is 4.77. The number of hydrogen-bond donors (Lipinski definition) is 2. The number of esters is 1. The molecule has 0 aliphatic heterocycles. The second kappa shape index (κ2) is 7.54. The Kier molecular flexibility index (Phi) is 6.61. The summed E-state index contributed by atoms with van der Waals surface area (Å²) in [5.41, 5.74) is 0. The molecule has 84 valence electrons. The lowest BCUT2D eigenvalue weighted by Crippen LogP contribution is -2.38. The summed E-state index contributed by atoms with van der Waals surface area (Å²) in [7, 11) is 0. The molecule has 6 nitrogen and oxygen atoms in total. The minimum absolute atomic E-state index is 0.190. The topological polar surface area (TPSA) is 84.5 Å². The minimum atomic E-state index is -0.513. The van der Waals surface area contributed by atoms with Crippen LogP contribution in [0.25, 0.3) is 0 Å². The normalized spacial score (nSPS) is 8.87. The number of ether oxygens (including phenoxy) is 1. The first-order valence-electron chi connectivity index (χ1n) is 4.42. The maximum Gasteiger partial charge on any atom is 0.325 e. The smallest absolute Gasteiger partial charge is 0.325 e. The highest BCUT2D eigenvalue weighted by Gasteiger charge is 2.05. The molecule has 0 atom stereocenters. The number of rotatable bonds is 6. The molecule has 0 spiro atoms. The van der Waals surface area contributed by atoms with Gasteiger partial charge < -0.3 is 15.4 Å². The average Bonchev–Trinajstić information content (AvgIpc) is 2.23. The molecule has 0 unspecified atom stereocenters. The third-order valence-electron chi connectivity index (χ3n) is 1.34. The van der Waals surface area contributed by atoms with E-state index in [4.69, 9.17) is 0 Å². The van der Waals surface area contributed by atoms with Crippen molar-refractivity contribution in [2.75, 3.05) is 19.7 Å². The second-order valence-electron chi connectivity index (χ2n) is 2.50. The molecule has 0 fully saturated rings. The monoisotopic (exact) mass is 214 g/mol. The molecule has 0 radical (unpaired) electrons. The predicted molar refractivity (Wildman–Crippen MR) is 52.8 cm³/mol. The van der Waals surface area contributed by atoms with E-state index in [0.717, 1.165) is 6.08 Å². The lowest BCUT2D eigenvalue weighted by atomic mass is 10.5. The Labute approximate surface area is 87.7 Å². The zero-order valence-corrected chi connectivity index (χ0v) is 8.54. The van der Waals surface area contributed by atoms with Gasteiger partial charge in [-0.3, -0.25) is 14.4 Å². The van der Waals surface area contributed by atoms with Crippen molar-refractivity contribution in [3.63, 3.8) is 0 Å². The molecule has 0 aromatic rings. The first-order chi connectivity index (χ1) is 7.10. The molecular formula is C9H14N2O4. The van der Waals surface area contributed by atoms with E-state index in [-0.39, 0.29) is 19.7 Å². The standard InChI is InChI=1S/C9H14N2O4/c1-3-7(12)10-5-8(13)11-6-9(14)15-4-2/h3H,1,4-6H2,2H3,(H,10,12)(H,11,13). The number of nitrogens with one attached hydrogen (secondary N) is 2. The van der Waals surface area contributed by atoms with Gasteiger partial charge in [0.2, 0.25) is 11.8 Å². The Morgan fingerprint density at radius 2 is 1.93 bits per heavy atom. The largest absolute Gasteiger partial charge is 0.465 e. The fourth-order valence-corrected chi connectivity index (χ4v) is 0.685. The van der Waals surface area contributed by atoms with Crippen LogP contribution in [0.2, 0.25) is 0 Å². The molecule has 0 aliphatic carbocycles. The van der Waals surface area contributed by atoms with Gasteiger partial charge in [0.25, 0.3) is 0 Å². The molecule has 0 aromatic heterocycles. The number of carbonyl (C=O) groups is 3. The van der Waals surface area contributed by atoms with Crippen LogP contribution in [0.1, 0.15) is 6.92 Å². The van der Waals surface area contributed by atoms with Crippen molar-refractivity contribution >= 4 is 17.8 Å². The molecular weight excluding hydrogens is 200 g/mol. The zero-order chi connectivity index (χ0) is 11.7. The molecule has 0 aliphatic rings. The van der Waals surface area contributed by atoms with Crippen molar-refractivity contribution in [3.05, 3.63) is 12.7 Å². The van der Waals surface area contributed by atoms with Gasteiger partial charge in [-0.05, 0) is 13.0 Å². The van der Waals surface area contributed by atoms with Crippen LogP contribution in [-0.2, 0) is 19.1 Å². The molecule has 2 N–H and O–H groups in total. The first kappa shape index (κ1) is 13.2. The Bertz CT molecular complexity index is 263. The highest BCUT2D eigenvalue weighted by Crippen LogP contribution is 1.75. The van der Waals surface area contributed by atoms with Crippen molar-refractivity contribution in [2.24, 2.45) is 0 Å². The third kappa shape index (κ3) is 7.24. The third-order valence-corrected chi connectivity index (χ3v) is 1.34. The summed E-state index contributed by atoms with van der Waals surface area (Å²) in [4.78, 5) is 32.5. The Morgan fingerprint density at radius 3 is 2.47 bits per heavy atom. The Balaban J connectivity index is 3.61. The van der Waals surface area contributed by atoms with Crippen molar-refractivity contribution in [2.45, 2.75) is 6.92 Å². The van der Waals surface area contributed by atoms with Crippen molar-refractivity contribution in [3.8, 4) is 0 Å².